The van der Waals surface area contributed by atoms with Crippen LogP contribution in [0.2, 0.25) is 0 Å². The van der Waals surface area contributed by atoms with Gasteiger partial charge >= 0.3 is 5.97 Å². The Morgan fingerprint density at radius 2 is 1.96 bits per heavy atom. The van der Waals surface area contributed by atoms with Crippen LogP contribution in [0, 0.1) is 12.7 Å². The summed E-state index contributed by atoms with van der Waals surface area (Å²) < 4.78 is 19.3. The second kappa shape index (κ2) is 7.89. The van der Waals surface area contributed by atoms with Crippen LogP contribution in [-0.2, 0) is 16.1 Å². The number of rotatable bonds is 5. The van der Waals surface area contributed by atoms with E-state index in [0.29, 0.717) is 21.0 Å². The minimum absolute atomic E-state index is 0.264. The van der Waals surface area contributed by atoms with Crippen LogP contribution in [0.1, 0.15) is 29.1 Å². The van der Waals surface area contributed by atoms with Gasteiger partial charge in [-0.2, -0.15) is 0 Å². The maximum absolute atomic E-state index is 12.9. The molecule has 1 N–H and O–H groups in total. The van der Waals surface area contributed by atoms with Crippen molar-refractivity contribution in [3.05, 3.63) is 57.2 Å². The smallest absolute Gasteiger partial charge is 0.348 e. The highest BCUT2D eigenvalue weighted by Crippen LogP contribution is 2.27. The molecule has 0 aliphatic carbocycles. The lowest BCUT2D eigenvalue weighted by molar-refractivity contribution is -0.116. The summed E-state index contributed by atoms with van der Waals surface area (Å²) in [4.78, 5) is 42.1. The number of nitrogens with zero attached hydrogens (tertiary/aromatic N) is 2. The SMILES string of the molecule is Cc1c(C(=O)OC(C)C)sc2ncn(CC(=O)Nc3ccc(F)cc3)c(=O)c12. The molecule has 9 heteroatoms. The highest BCUT2D eigenvalue weighted by Gasteiger charge is 2.21. The number of carbonyl (C=O) groups excluding carboxylic acids is 2. The summed E-state index contributed by atoms with van der Waals surface area (Å²) in [5.41, 5.74) is 0.479. The van der Waals surface area contributed by atoms with Crippen molar-refractivity contribution in [3.8, 4) is 0 Å². The number of aryl methyl sites for hydroxylation is 1. The molecular formula is C19H18FN3O4S. The van der Waals surface area contributed by atoms with Crippen LogP contribution in [-0.4, -0.2) is 27.5 Å². The van der Waals surface area contributed by atoms with Crippen LogP contribution in [0.5, 0.6) is 0 Å². The number of halogens is 1. The fraction of sp³-hybridized carbons (Fsp3) is 0.263. The van der Waals surface area contributed by atoms with Gasteiger partial charge in [0.15, 0.2) is 0 Å². The number of thiophene rings is 1. The van der Waals surface area contributed by atoms with Gasteiger partial charge in [0.25, 0.3) is 5.56 Å². The Bertz CT molecular complexity index is 1100. The monoisotopic (exact) mass is 403 g/mol. The summed E-state index contributed by atoms with van der Waals surface area (Å²) in [5, 5.41) is 2.88. The number of carbonyl (C=O) groups is 2. The van der Waals surface area contributed by atoms with Crippen LogP contribution in [0.15, 0.2) is 35.4 Å². The molecule has 0 atom stereocenters. The van der Waals surface area contributed by atoms with E-state index in [-0.39, 0.29) is 18.0 Å². The maximum atomic E-state index is 12.9. The lowest BCUT2D eigenvalue weighted by Gasteiger charge is -2.07. The predicted octanol–water partition coefficient (Wildman–Crippen LogP) is 3.11. The fourth-order valence-corrected chi connectivity index (χ4v) is 3.64. The molecule has 146 valence electrons. The van der Waals surface area contributed by atoms with Gasteiger partial charge in [-0.25, -0.2) is 14.2 Å². The third kappa shape index (κ3) is 4.09. The summed E-state index contributed by atoms with van der Waals surface area (Å²) >= 11 is 1.08. The Morgan fingerprint density at radius 1 is 1.29 bits per heavy atom. The number of aromatic nitrogens is 2. The minimum atomic E-state index is -0.504. The Hall–Kier alpha value is -3.07. The van der Waals surface area contributed by atoms with Gasteiger partial charge < -0.3 is 10.1 Å². The van der Waals surface area contributed by atoms with Crippen LogP contribution in [0.25, 0.3) is 10.2 Å². The van der Waals surface area contributed by atoms with Gasteiger partial charge in [0.05, 0.1) is 17.8 Å². The van der Waals surface area contributed by atoms with E-state index in [4.69, 9.17) is 4.74 Å². The number of ether oxygens (including phenoxy) is 1. The molecule has 7 nitrogen and oxygen atoms in total. The Kier molecular flexibility index (Phi) is 5.55. The molecule has 2 aromatic heterocycles. The highest BCUT2D eigenvalue weighted by atomic mass is 32.1. The average molecular weight is 403 g/mol. The summed E-state index contributed by atoms with van der Waals surface area (Å²) in [6.45, 7) is 4.87. The Balaban J connectivity index is 1.86. The third-order valence-corrected chi connectivity index (χ3v) is 5.07. The molecule has 2 heterocycles. The lowest BCUT2D eigenvalue weighted by atomic mass is 10.2. The van der Waals surface area contributed by atoms with Crippen molar-refractivity contribution >= 4 is 39.1 Å². The predicted molar refractivity (Wildman–Crippen MR) is 104 cm³/mol. The quantitative estimate of drug-likeness (QED) is 0.661. The zero-order valence-electron chi connectivity index (χ0n) is 15.5. The number of hydrogen-bond acceptors (Lipinski definition) is 6. The molecule has 28 heavy (non-hydrogen) atoms. The number of benzene rings is 1. The van der Waals surface area contributed by atoms with Crippen molar-refractivity contribution in [2.24, 2.45) is 0 Å². The number of anilines is 1. The molecule has 0 aliphatic heterocycles. The Labute approximate surface area is 163 Å². The molecule has 0 bridgehead atoms. The minimum Gasteiger partial charge on any atom is -0.459 e. The van der Waals surface area contributed by atoms with Crippen molar-refractivity contribution in [3.63, 3.8) is 0 Å². The Morgan fingerprint density at radius 3 is 2.61 bits per heavy atom. The summed E-state index contributed by atoms with van der Waals surface area (Å²) in [7, 11) is 0. The van der Waals surface area contributed by atoms with E-state index in [0.717, 1.165) is 11.3 Å². The third-order valence-electron chi connectivity index (χ3n) is 3.89. The summed E-state index contributed by atoms with van der Waals surface area (Å²) in [6.07, 6.45) is 0.986. The van der Waals surface area contributed by atoms with Crippen molar-refractivity contribution < 1.29 is 18.7 Å². The van der Waals surface area contributed by atoms with Gasteiger partial charge in [-0.1, -0.05) is 0 Å². The van der Waals surface area contributed by atoms with Crippen LogP contribution >= 0.6 is 11.3 Å². The van der Waals surface area contributed by atoms with Gasteiger partial charge in [0.1, 0.15) is 22.1 Å². The number of nitrogens with one attached hydrogen (secondary N) is 1. The van der Waals surface area contributed by atoms with E-state index >= 15 is 0 Å². The molecular weight excluding hydrogens is 385 g/mol. The second-order valence-corrected chi connectivity index (χ2v) is 7.42. The highest BCUT2D eigenvalue weighted by molar-refractivity contribution is 7.20. The molecule has 1 amide bonds. The first-order valence-corrected chi connectivity index (χ1v) is 9.33. The van der Waals surface area contributed by atoms with Crippen molar-refractivity contribution in [1.29, 1.82) is 0 Å². The van der Waals surface area contributed by atoms with Gasteiger partial charge in [-0.3, -0.25) is 14.2 Å². The lowest BCUT2D eigenvalue weighted by Crippen LogP contribution is -2.27. The van der Waals surface area contributed by atoms with Crippen molar-refractivity contribution in [2.45, 2.75) is 33.4 Å². The van der Waals surface area contributed by atoms with Crippen LogP contribution in [0.3, 0.4) is 0 Å². The topological polar surface area (TPSA) is 90.3 Å². The summed E-state index contributed by atoms with van der Waals surface area (Å²) in [5.74, 6) is -1.37. The second-order valence-electron chi connectivity index (χ2n) is 6.42. The fourth-order valence-electron chi connectivity index (χ4n) is 2.62. The molecule has 0 saturated carbocycles. The van der Waals surface area contributed by atoms with E-state index in [9.17, 15) is 18.8 Å². The first-order chi connectivity index (χ1) is 13.3. The van der Waals surface area contributed by atoms with Gasteiger partial charge in [0, 0.05) is 5.69 Å². The van der Waals surface area contributed by atoms with Gasteiger partial charge in [-0.15, -0.1) is 11.3 Å². The normalized spacial score (nSPS) is 11.0. The molecule has 3 rings (SSSR count). The molecule has 3 aromatic rings. The molecule has 0 radical (unpaired) electrons. The molecule has 0 unspecified atom stereocenters. The largest absolute Gasteiger partial charge is 0.459 e. The van der Waals surface area contributed by atoms with E-state index < -0.39 is 23.3 Å². The van der Waals surface area contributed by atoms with Crippen molar-refractivity contribution in [1.82, 2.24) is 9.55 Å². The first-order valence-electron chi connectivity index (χ1n) is 8.51. The first kappa shape index (κ1) is 19.7. The van der Waals surface area contributed by atoms with Gasteiger partial charge in [0.2, 0.25) is 5.91 Å². The number of hydrogen-bond donors (Lipinski definition) is 1. The maximum Gasteiger partial charge on any atom is 0.348 e. The number of amides is 1. The molecule has 0 aliphatic rings. The molecule has 0 spiro atoms. The molecule has 0 saturated heterocycles. The molecule has 1 aromatic carbocycles. The standard InChI is InChI=1S/C19H18FN3O4S/c1-10(2)27-19(26)16-11(3)15-17(28-16)21-9-23(18(15)25)8-14(24)22-13-6-4-12(20)5-7-13/h4-7,9-10H,8H2,1-3H3,(H,22,24). The summed E-state index contributed by atoms with van der Waals surface area (Å²) in [6, 6.07) is 5.30. The van der Waals surface area contributed by atoms with E-state index in [1.807, 2.05) is 0 Å². The zero-order valence-corrected chi connectivity index (χ0v) is 16.3. The van der Waals surface area contributed by atoms with Crippen LogP contribution < -0.4 is 10.9 Å². The van der Waals surface area contributed by atoms with E-state index in [1.54, 1.807) is 20.8 Å². The average Bonchev–Trinajstić information content (AvgIpc) is 2.96. The van der Waals surface area contributed by atoms with Crippen LogP contribution in [0.4, 0.5) is 10.1 Å². The molecule has 0 fully saturated rings. The number of fused-ring (bicyclic) bond motifs is 1. The van der Waals surface area contributed by atoms with E-state index in [1.165, 1.54) is 35.2 Å². The number of esters is 1. The van der Waals surface area contributed by atoms with E-state index in [2.05, 4.69) is 10.3 Å². The van der Waals surface area contributed by atoms with Gasteiger partial charge in [-0.05, 0) is 50.6 Å². The zero-order chi connectivity index (χ0) is 20.4. The van der Waals surface area contributed by atoms with Crippen molar-refractivity contribution in [2.75, 3.05) is 5.32 Å².